The molecule has 0 saturated carbocycles. The number of rotatable bonds is 9. The number of nitrogen functional groups attached to an aromatic ring is 1. The third-order valence-corrected chi connectivity index (χ3v) is 2.80. The summed E-state index contributed by atoms with van der Waals surface area (Å²) in [5, 5.41) is 11.3. The third-order valence-electron chi connectivity index (χ3n) is 2.80. The molecule has 1 amide bonds. The van der Waals surface area contributed by atoms with Crippen molar-refractivity contribution in [3.05, 3.63) is 17.7 Å². The Kier molecular flexibility index (Phi) is 7.34. The highest BCUT2D eigenvalue weighted by molar-refractivity contribution is 6.00. The van der Waals surface area contributed by atoms with Gasteiger partial charge >= 0.3 is 0 Å². The Labute approximate surface area is 124 Å². The maximum absolute atomic E-state index is 12.1. The lowest BCUT2D eigenvalue weighted by molar-refractivity contribution is 0.0868. The number of ether oxygens (including phenoxy) is 3. The van der Waals surface area contributed by atoms with E-state index in [1.54, 1.807) is 12.1 Å². The summed E-state index contributed by atoms with van der Waals surface area (Å²) in [6, 6.07) is 3.18. The lowest BCUT2D eigenvalue weighted by atomic mass is 10.1. The van der Waals surface area contributed by atoms with E-state index in [1.165, 1.54) is 14.2 Å². The van der Waals surface area contributed by atoms with Crippen molar-refractivity contribution in [2.75, 3.05) is 46.3 Å². The van der Waals surface area contributed by atoms with Gasteiger partial charge in [-0.1, -0.05) is 0 Å². The van der Waals surface area contributed by atoms with Crippen molar-refractivity contribution in [3.63, 3.8) is 0 Å². The van der Waals surface area contributed by atoms with Crippen molar-refractivity contribution >= 4 is 11.6 Å². The predicted molar refractivity (Wildman–Crippen MR) is 78.8 cm³/mol. The van der Waals surface area contributed by atoms with Crippen molar-refractivity contribution in [1.82, 2.24) is 5.32 Å². The van der Waals surface area contributed by atoms with Crippen LogP contribution in [0.15, 0.2) is 12.1 Å². The number of aliphatic hydroxyl groups is 1. The molecule has 1 aromatic rings. The van der Waals surface area contributed by atoms with E-state index in [0.717, 1.165) is 0 Å². The van der Waals surface area contributed by atoms with Crippen LogP contribution in [0.4, 0.5) is 5.69 Å². The number of nitrogens with one attached hydrogen (secondary N) is 1. The summed E-state index contributed by atoms with van der Waals surface area (Å²) in [6.07, 6.45) is 0.646. The SMILES string of the molecule is COc1cc(OC)c(N)c(C(=O)NCCCOCCO)c1. The predicted octanol–water partition coefficient (Wildman–Crippen LogP) is 0.415. The Hall–Kier alpha value is -1.99. The Morgan fingerprint density at radius 2 is 2.05 bits per heavy atom. The number of methoxy groups -OCH3 is 2. The number of hydrogen-bond donors (Lipinski definition) is 3. The fourth-order valence-electron chi connectivity index (χ4n) is 1.71. The first kappa shape index (κ1) is 17.1. The molecule has 0 aliphatic carbocycles. The van der Waals surface area contributed by atoms with Gasteiger partial charge in [-0.3, -0.25) is 4.79 Å². The maximum atomic E-state index is 12.1. The number of carbonyl (C=O) groups is 1. The molecule has 7 nitrogen and oxygen atoms in total. The molecule has 0 aromatic heterocycles. The minimum absolute atomic E-state index is 0.00744. The van der Waals surface area contributed by atoms with Crippen LogP contribution >= 0.6 is 0 Å². The normalized spacial score (nSPS) is 10.2. The van der Waals surface area contributed by atoms with E-state index < -0.39 is 0 Å². The molecule has 0 radical (unpaired) electrons. The molecule has 0 spiro atoms. The molecule has 21 heavy (non-hydrogen) atoms. The molecule has 118 valence electrons. The van der Waals surface area contributed by atoms with Gasteiger partial charge < -0.3 is 30.4 Å². The minimum Gasteiger partial charge on any atom is -0.497 e. The highest BCUT2D eigenvalue weighted by Crippen LogP contribution is 2.30. The first-order valence-corrected chi connectivity index (χ1v) is 6.62. The van der Waals surface area contributed by atoms with Gasteiger partial charge in [-0.25, -0.2) is 0 Å². The van der Waals surface area contributed by atoms with Gasteiger partial charge in [0, 0.05) is 19.2 Å². The summed E-state index contributed by atoms with van der Waals surface area (Å²) in [4.78, 5) is 12.1. The van der Waals surface area contributed by atoms with E-state index in [0.29, 0.717) is 43.2 Å². The Morgan fingerprint density at radius 3 is 2.67 bits per heavy atom. The first-order valence-electron chi connectivity index (χ1n) is 6.62. The molecule has 0 unspecified atom stereocenters. The molecule has 7 heteroatoms. The number of carbonyl (C=O) groups excluding carboxylic acids is 1. The van der Waals surface area contributed by atoms with Crippen LogP contribution in [0.2, 0.25) is 0 Å². The van der Waals surface area contributed by atoms with Gasteiger partial charge in [0.25, 0.3) is 5.91 Å². The van der Waals surface area contributed by atoms with Gasteiger partial charge in [-0.15, -0.1) is 0 Å². The number of aliphatic hydroxyl groups excluding tert-OH is 1. The third kappa shape index (κ3) is 5.13. The fourth-order valence-corrected chi connectivity index (χ4v) is 1.71. The van der Waals surface area contributed by atoms with Gasteiger partial charge in [-0.05, 0) is 12.5 Å². The van der Waals surface area contributed by atoms with Crippen LogP contribution in [0.3, 0.4) is 0 Å². The standard InChI is InChI=1S/C14H22N2O5/c1-19-10-8-11(13(15)12(9-10)20-2)14(18)16-4-3-6-21-7-5-17/h8-9,17H,3-7,15H2,1-2H3,(H,16,18). The second kappa shape index (κ2) is 9.04. The van der Waals surface area contributed by atoms with Gasteiger partial charge in [0.05, 0.1) is 38.7 Å². The largest absolute Gasteiger partial charge is 0.497 e. The van der Waals surface area contributed by atoms with Crippen molar-refractivity contribution in [3.8, 4) is 11.5 Å². The van der Waals surface area contributed by atoms with E-state index in [9.17, 15) is 4.79 Å². The van der Waals surface area contributed by atoms with Gasteiger partial charge in [0.15, 0.2) is 0 Å². The summed E-state index contributed by atoms with van der Waals surface area (Å²) in [7, 11) is 2.98. The molecule has 0 fully saturated rings. The quantitative estimate of drug-likeness (QED) is 0.451. The first-order chi connectivity index (χ1) is 10.1. The molecule has 4 N–H and O–H groups in total. The highest BCUT2D eigenvalue weighted by atomic mass is 16.5. The molecule has 0 atom stereocenters. The Bertz CT molecular complexity index is 465. The van der Waals surface area contributed by atoms with Crippen LogP contribution in [-0.4, -0.2) is 51.6 Å². The summed E-state index contributed by atoms with van der Waals surface area (Å²) < 4.78 is 15.3. The highest BCUT2D eigenvalue weighted by Gasteiger charge is 2.15. The van der Waals surface area contributed by atoms with Crippen LogP contribution in [-0.2, 0) is 4.74 Å². The number of anilines is 1. The molecule has 1 aromatic carbocycles. The number of amides is 1. The Balaban J connectivity index is 2.61. The molecule has 0 bridgehead atoms. The monoisotopic (exact) mass is 298 g/mol. The summed E-state index contributed by atoms with van der Waals surface area (Å²) in [6.45, 7) is 1.21. The van der Waals surface area contributed by atoms with Crippen molar-refractivity contribution in [2.45, 2.75) is 6.42 Å². The Morgan fingerprint density at radius 1 is 1.29 bits per heavy atom. The number of nitrogens with two attached hydrogens (primary N) is 1. The van der Waals surface area contributed by atoms with E-state index in [1.807, 2.05) is 0 Å². The molecular weight excluding hydrogens is 276 g/mol. The lowest BCUT2D eigenvalue weighted by Crippen LogP contribution is -2.26. The van der Waals surface area contributed by atoms with Crippen LogP contribution in [0, 0.1) is 0 Å². The average molecular weight is 298 g/mol. The second-order valence-electron chi connectivity index (χ2n) is 4.24. The fraction of sp³-hybridized carbons (Fsp3) is 0.500. The maximum Gasteiger partial charge on any atom is 0.253 e. The molecule has 0 aliphatic rings. The van der Waals surface area contributed by atoms with Crippen LogP contribution in [0.25, 0.3) is 0 Å². The molecule has 0 aliphatic heterocycles. The van der Waals surface area contributed by atoms with E-state index >= 15 is 0 Å². The van der Waals surface area contributed by atoms with Crippen LogP contribution < -0.4 is 20.5 Å². The van der Waals surface area contributed by atoms with Crippen LogP contribution in [0.1, 0.15) is 16.8 Å². The van der Waals surface area contributed by atoms with E-state index in [2.05, 4.69) is 5.32 Å². The minimum atomic E-state index is -0.299. The summed E-state index contributed by atoms with van der Waals surface area (Å²) in [5.74, 6) is 0.593. The average Bonchev–Trinajstić information content (AvgIpc) is 2.50. The van der Waals surface area contributed by atoms with Gasteiger partial charge in [0.2, 0.25) is 0 Å². The summed E-state index contributed by atoms with van der Waals surface area (Å²) >= 11 is 0. The zero-order valence-electron chi connectivity index (χ0n) is 12.3. The molecule has 0 saturated heterocycles. The van der Waals surface area contributed by atoms with E-state index in [-0.39, 0.29) is 18.2 Å². The van der Waals surface area contributed by atoms with Crippen molar-refractivity contribution in [2.24, 2.45) is 0 Å². The van der Waals surface area contributed by atoms with Crippen molar-refractivity contribution in [1.29, 1.82) is 0 Å². The van der Waals surface area contributed by atoms with Crippen molar-refractivity contribution < 1.29 is 24.1 Å². The van der Waals surface area contributed by atoms with Gasteiger partial charge in [0.1, 0.15) is 11.5 Å². The van der Waals surface area contributed by atoms with Gasteiger partial charge in [-0.2, -0.15) is 0 Å². The zero-order valence-corrected chi connectivity index (χ0v) is 12.3. The van der Waals surface area contributed by atoms with E-state index in [4.69, 9.17) is 25.1 Å². The number of benzene rings is 1. The lowest BCUT2D eigenvalue weighted by Gasteiger charge is -2.13. The number of hydrogen-bond acceptors (Lipinski definition) is 6. The zero-order chi connectivity index (χ0) is 15.7. The topological polar surface area (TPSA) is 103 Å². The summed E-state index contributed by atoms with van der Waals surface area (Å²) in [5.41, 5.74) is 6.47. The molecule has 1 rings (SSSR count). The molecular formula is C14H22N2O5. The second-order valence-corrected chi connectivity index (χ2v) is 4.24. The van der Waals surface area contributed by atoms with Crippen LogP contribution in [0.5, 0.6) is 11.5 Å². The smallest absolute Gasteiger partial charge is 0.253 e. The molecule has 0 heterocycles.